The third-order valence-electron chi connectivity index (χ3n) is 3.40. The molecule has 6 nitrogen and oxygen atoms in total. The Bertz CT molecular complexity index is 845. The van der Waals surface area contributed by atoms with Crippen molar-refractivity contribution in [1.82, 2.24) is 10.2 Å². The zero-order valence-corrected chi connectivity index (χ0v) is 14.7. The average Bonchev–Trinajstić information content (AvgIpc) is 3.09. The van der Waals surface area contributed by atoms with E-state index in [1.165, 1.54) is 11.8 Å². The van der Waals surface area contributed by atoms with Gasteiger partial charge >= 0.3 is 6.01 Å². The summed E-state index contributed by atoms with van der Waals surface area (Å²) < 4.78 is 10.6. The van der Waals surface area contributed by atoms with Gasteiger partial charge in [0.05, 0.1) is 12.9 Å². The number of rotatable bonds is 6. The Morgan fingerprint density at radius 1 is 1.12 bits per heavy atom. The molecular weight excluding hydrogens is 338 g/mol. The van der Waals surface area contributed by atoms with Crippen molar-refractivity contribution in [2.24, 2.45) is 0 Å². The summed E-state index contributed by atoms with van der Waals surface area (Å²) in [4.78, 5) is 13.0. The van der Waals surface area contributed by atoms with E-state index in [-0.39, 0.29) is 17.7 Å². The monoisotopic (exact) mass is 355 g/mol. The van der Waals surface area contributed by atoms with Crippen LogP contribution in [-0.4, -0.2) is 29.0 Å². The number of methoxy groups -OCH3 is 1. The summed E-state index contributed by atoms with van der Waals surface area (Å²) >= 11 is 1.41. The highest BCUT2D eigenvalue weighted by atomic mass is 32.2. The molecule has 128 valence electrons. The van der Waals surface area contributed by atoms with E-state index in [9.17, 15) is 4.79 Å². The van der Waals surface area contributed by atoms with Crippen LogP contribution < -0.4 is 10.1 Å². The smallest absolute Gasteiger partial charge is 0.322 e. The van der Waals surface area contributed by atoms with Gasteiger partial charge in [-0.15, -0.1) is 16.9 Å². The zero-order valence-electron chi connectivity index (χ0n) is 13.9. The van der Waals surface area contributed by atoms with Crippen LogP contribution in [0.5, 0.6) is 5.75 Å². The quantitative estimate of drug-likeness (QED) is 0.678. The fourth-order valence-electron chi connectivity index (χ4n) is 2.06. The van der Waals surface area contributed by atoms with Crippen LogP contribution in [0.25, 0.3) is 11.5 Å². The van der Waals surface area contributed by atoms with Crippen molar-refractivity contribution in [3.63, 3.8) is 0 Å². The summed E-state index contributed by atoms with van der Waals surface area (Å²) in [6.07, 6.45) is 0. The number of ether oxygens (including phenoxy) is 1. The molecule has 7 heteroatoms. The topological polar surface area (TPSA) is 77.2 Å². The number of nitrogens with zero attached hydrogens (tertiary/aromatic N) is 2. The molecule has 0 atom stereocenters. The predicted octanol–water partition coefficient (Wildman–Crippen LogP) is 3.78. The minimum absolute atomic E-state index is 0.0934. The van der Waals surface area contributed by atoms with Gasteiger partial charge in [-0.1, -0.05) is 22.8 Å². The maximum absolute atomic E-state index is 12.0. The molecule has 0 saturated heterocycles. The van der Waals surface area contributed by atoms with Crippen molar-refractivity contribution >= 4 is 23.7 Å². The Balaban J connectivity index is 1.55. The number of carbonyl (C=O) groups is 1. The van der Waals surface area contributed by atoms with E-state index in [4.69, 9.17) is 9.15 Å². The predicted molar refractivity (Wildman–Crippen MR) is 96.8 cm³/mol. The third kappa shape index (κ3) is 4.60. The summed E-state index contributed by atoms with van der Waals surface area (Å²) in [5.41, 5.74) is 1.96. The van der Waals surface area contributed by atoms with Crippen LogP contribution in [0.15, 0.2) is 57.8 Å². The summed E-state index contributed by atoms with van der Waals surface area (Å²) in [5.74, 6) is 1.19. The number of hydrogen-bond donors (Lipinski definition) is 1. The third-order valence-corrected chi connectivity index (χ3v) is 4.41. The zero-order chi connectivity index (χ0) is 17.6. The van der Waals surface area contributed by atoms with Crippen molar-refractivity contribution in [3.8, 4) is 17.2 Å². The molecule has 0 radical (unpaired) electrons. The van der Waals surface area contributed by atoms with Gasteiger partial charge in [0, 0.05) is 10.5 Å². The van der Waals surface area contributed by atoms with Crippen LogP contribution in [0.2, 0.25) is 0 Å². The molecule has 25 heavy (non-hydrogen) atoms. The lowest BCUT2D eigenvalue weighted by Gasteiger charge is -2.03. The lowest BCUT2D eigenvalue weighted by atomic mass is 10.1. The van der Waals surface area contributed by atoms with Gasteiger partial charge in [-0.3, -0.25) is 10.1 Å². The minimum Gasteiger partial charge on any atom is -0.497 e. The SMILES string of the molecule is COc1ccc(SCC(=O)Nc2nnc(-c3ccc(C)cc3)o2)cc1. The summed E-state index contributed by atoms with van der Waals surface area (Å²) in [6.45, 7) is 2.00. The highest BCUT2D eigenvalue weighted by molar-refractivity contribution is 8.00. The molecule has 3 aromatic rings. The first kappa shape index (κ1) is 17.0. The van der Waals surface area contributed by atoms with Gasteiger partial charge in [0.2, 0.25) is 11.8 Å². The van der Waals surface area contributed by atoms with Crippen molar-refractivity contribution in [3.05, 3.63) is 54.1 Å². The molecule has 1 amide bonds. The number of anilines is 1. The average molecular weight is 355 g/mol. The maximum atomic E-state index is 12.0. The van der Waals surface area contributed by atoms with Gasteiger partial charge < -0.3 is 9.15 Å². The van der Waals surface area contributed by atoms with Crippen LogP contribution in [0.4, 0.5) is 6.01 Å². The van der Waals surface area contributed by atoms with Gasteiger partial charge in [-0.2, -0.15) is 0 Å². The van der Waals surface area contributed by atoms with E-state index in [0.717, 1.165) is 21.8 Å². The molecule has 0 unspecified atom stereocenters. The first-order valence-corrected chi connectivity index (χ1v) is 8.60. The minimum atomic E-state index is -0.208. The standard InChI is InChI=1S/C18H17N3O3S/c1-12-3-5-13(6-4-12)17-20-21-18(24-17)19-16(22)11-25-15-9-7-14(23-2)8-10-15/h3-10H,11H2,1-2H3,(H,19,21,22). The second-order valence-corrected chi connectivity index (χ2v) is 6.34. The first-order valence-electron chi connectivity index (χ1n) is 7.61. The number of benzene rings is 2. The number of aryl methyl sites for hydroxylation is 1. The molecule has 1 N–H and O–H groups in total. The van der Waals surface area contributed by atoms with Gasteiger partial charge in [0.25, 0.3) is 0 Å². The Hall–Kier alpha value is -2.80. The Labute approximate surface area is 149 Å². The molecule has 0 aliphatic carbocycles. The van der Waals surface area contributed by atoms with E-state index < -0.39 is 0 Å². The van der Waals surface area contributed by atoms with Crippen LogP contribution in [0.3, 0.4) is 0 Å². The van der Waals surface area contributed by atoms with E-state index in [0.29, 0.717) is 5.89 Å². The van der Waals surface area contributed by atoms with E-state index in [1.807, 2.05) is 55.5 Å². The van der Waals surface area contributed by atoms with Gasteiger partial charge in [0.15, 0.2) is 0 Å². The van der Waals surface area contributed by atoms with Crippen molar-refractivity contribution in [2.45, 2.75) is 11.8 Å². The molecular formula is C18H17N3O3S. The number of thioether (sulfide) groups is 1. The van der Waals surface area contributed by atoms with Crippen LogP contribution in [-0.2, 0) is 4.79 Å². The molecule has 2 aromatic carbocycles. The number of hydrogen-bond acceptors (Lipinski definition) is 6. The largest absolute Gasteiger partial charge is 0.497 e. The summed E-state index contributed by atoms with van der Waals surface area (Å²) in [5, 5.41) is 10.4. The number of carbonyl (C=O) groups excluding carboxylic acids is 1. The van der Waals surface area contributed by atoms with Gasteiger partial charge in [0.1, 0.15) is 5.75 Å². The second kappa shape index (κ2) is 7.85. The normalized spacial score (nSPS) is 10.5. The fraction of sp³-hybridized carbons (Fsp3) is 0.167. The molecule has 0 bridgehead atoms. The van der Waals surface area contributed by atoms with Crippen molar-refractivity contribution < 1.29 is 13.9 Å². The van der Waals surface area contributed by atoms with Gasteiger partial charge in [-0.25, -0.2) is 0 Å². The molecule has 0 fully saturated rings. The summed E-state index contributed by atoms with van der Waals surface area (Å²) in [6, 6.07) is 15.3. The van der Waals surface area contributed by atoms with Crippen LogP contribution >= 0.6 is 11.8 Å². The molecule has 0 spiro atoms. The van der Waals surface area contributed by atoms with Crippen molar-refractivity contribution in [2.75, 3.05) is 18.2 Å². The molecule has 1 aromatic heterocycles. The number of aromatic nitrogens is 2. The Kier molecular flexibility index (Phi) is 5.35. The van der Waals surface area contributed by atoms with Crippen LogP contribution in [0.1, 0.15) is 5.56 Å². The molecule has 0 saturated carbocycles. The Morgan fingerprint density at radius 3 is 2.52 bits per heavy atom. The number of nitrogens with one attached hydrogen (secondary N) is 1. The fourth-order valence-corrected chi connectivity index (χ4v) is 2.76. The maximum Gasteiger partial charge on any atom is 0.322 e. The highest BCUT2D eigenvalue weighted by Crippen LogP contribution is 2.22. The lowest BCUT2D eigenvalue weighted by Crippen LogP contribution is -2.14. The highest BCUT2D eigenvalue weighted by Gasteiger charge is 2.11. The van der Waals surface area contributed by atoms with E-state index >= 15 is 0 Å². The molecule has 3 rings (SSSR count). The molecule has 1 heterocycles. The summed E-state index contributed by atoms with van der Waals surface area (Å²) in [7, 11) is 1.62. The first-order chi connectivity index (χ1) is 12.1. The lowest BCUT2D eigenvalue weighted by molar-refractivity contribution is -0.113. The van der Waals surface area contributed by atoms with Crippen LogP contribution in [0, 0.1) is 6.92 Å². The van der Waals surface area contributed by atoms with Gasteiger partial charge in [-0.05, 0) is 43.3 Å². The second-order valence-electron chi connectivity index (χ2n) is 5.29. The number of amides is 1. The molecule has 0 aliphatic heterocycles. The van der Waals surface area contributed by atoms with E-state index in [1.54, 1.807) is 7.11 Å². The van der Waals surface area contributed by atoms with E-state index in [2.05, 4.69) is 15.5 Å². The molecule has 0 aliphatic rings. The Morgan fingerprint density at radius 2 is 1.84 bits per heavy atom. The van der Waals surface area contributed by atoms with Crippen molar-refractivity contribution in [1.29, 1.82) is 0 Å².